The highest BCUT2D eigenvalue weighted by atomic mass is 32.2. The summed E-state index contributed by atoms with van der Waals surface area (Å²) in [4.78, 5) is 17.4. The van der Waals surface area contributed by atoms with Gasteiger partial charge in [0.2, 0.25) is 10.0 Å². The standard InChI is InChI=1S/C24H22N2O4S.C6H6/c27-24(25-23(19-7-3-1-4-8-19)20-9-5-2-6-10-20)21-11-13-22(14-12-21)31(28,29)26-15-17-30-18-16-26;1-2-4-6-5-3-1/h1-14H,15-18H2;1-6H. The Bertz CT molecular complexity index is 1330. The number of sulfonamides is 1. The van der Waals surface area contributed by atoms with Gasteiger partial charge in [0.25, 0.3) is 5.91 Å². The number of nitrogens with zero attached hydrogens (tertiary/aromatic N) is 2. The fourth-order valence-electron chi connectivity index (χ4n) is 3.74. The van der Waals surface area contributed by atoms with E-state index in [-0.39, 0.29) is 4.90 Å². The molecule has 0 saturated carbocycles. The van der Waals surface area contributed by atoms with Gasteiger partial charge in [0, 0.05) is 29.8 Å². The lowest BCUT2D eigenvalue weighted by Gasteiger charge is -2.26. The molecule has 1 saturated heterocycles. The summed E-state index contributed by atoms with van der Waals surface area (Å²) in [6, 6.07) is 36.9. The fourth-order valence-corrected chi connectivity index (χ4v) is 5.15. The van der Waals surface area contributed by atoms with Crippen LogP contribution in [0.2, 0.25) is 0 Å². The Hall–Kier alpha value is -3.91. The van der Waals surface area contributed by atoms with E-state index >= 15 is 0 Å². The summed E-state index contributed by atoms with van der Waals surface area (Å²) in [7, 11) is -3.61. The SMILES string of the molecule is O=C(N=C(c1ccccc1)c1ccccc1)c1ccc(S(=O)(=O)N2CCOCC2)cc1.c1ccccc1. The second-order valence-corrected chi connectivity index (χ2v) is 10.1. The molecule has 0 aliphatic carbocycles. The molecule has 1 aliphatic heterocycles. The van der Waals surface area contributed by atoms with Crippen molar-refractivity contribution in [1.82, 2.24) is 4.31 Å². The van der Waals surface area contributed by atoms with Gasteiger partial charge in [-0.3, -0.25) is 4.79 Å². The molecule has 37 heavy (non-hydrogen) atoms. The quantitative estimate of drug-likeness (QED) is 0.350. The first-order valence-electron chi connectivity index (χ1n) is 12.0. The first-order valence-corrected chi connectivity index (χ1v) is 13.4. The maximum Gasteiger partial charge on any atom is 0.277 e. The summed E-state index contributed by atoms with van der Waals surface area (Å²) < 4.78 is 32.2. The number of carbonyl (C=O) groups excluding carboxylic acids is 1. The van der Waals surface area contributed by atoms with Gasteiger partial charge in [0.15, 0.2) is 0 Å². The third-order valence-corrected chi connectivity index (χ3v) is 7.60. The van der Waals surface area contributed by atoms with Crippen molar-refractivity contribution < 1.29 is 17.9 Å². The Kier molecular flexibility index (Phi) is 9.10. The maximum atomic E-state index is 12.9. The molecule has 6 nitrogen and oxygen atoms in total. The number of aliphatic imine (C=N–C) groups is 1. The van der Waals surface area contributed by atoms with E-state index in [1.807, 2.05) is 97.1 Å². The highest BCUT2D eigenvalue weighted by Gasteiger charge is 2.26. The number of morpholine rings is 1. The Balaban J connectivity index is 0.000000469. The van der Waals surface area contributed by atoms with Gasteiger partial charge in [-0.15, -0.1) is 0 Å². The van der Waals surface area contributed by atoms with E-state index < -0.39 is 15.9 Å². The van der Waals surface area contributed by atoms with Crippen LogP contribution < -0.4 is 0 Å². The van der Waals surface area contributed by atoms with Crippen molar-refractivity contribution in [2.45, 2.75) is 4.90 Å². The minimum Gasteiger partial charge on any atom is -0.379 e. The number of hydrogen-bond acceptors (Lipinski definition) is 4. The Labute approximate surface area is 217 Å². The average molecular weight is 513 g/mol. The van der Waals surface area contributed by atoms with Crippen molar-refractivity contribution in [3.05, 3.63) is 138 Å². The average Bonchev–Trinajstić information content (AvgIpc) is 2.98. The van der Waals surface area contributed by atoms with Crippen LogP contribution in [-0.4, -0.2) is 50.6 Å². The molecule has 7 heteroatoms. The van der Waals surface area contributed by atoms with Crippen LogP contribution in [0.1, 0.15) is 21.5 Å². The summed E-state index contributed by atoms with van der Waals surface area (Å²) in [6.45, 7) is 1.41. The van der Waals surface area contributed by atoms with Crippen LogP contribution >= 0.6 is 0 Å². The van der Waals surface area contributed by atoms with E-state index in [9.17, 15) is 13.2 Å². The van der Waals surface area contributed by atoms with E-state index in [4.69, 9.17) is 4.74 Å². The van der Waals surface area contributed by atoms with Crippen LogP contribution in [0.5, 0.6) is 0 Å². The lowest BCUT2D eigenvalue weighted by molar-refractivity contribution is 0.0730. The molecule has 1 fully saturated rings. The third-order valence-electron chi connectivity index (χ3n) is 5.68. The predicted octanol–water partition coefficient (Wildman–Crippen LogP) is 5.07. The van der Waals surface area contributed by atoms with Crippen molar-refractivity contribution in [2.24, 2.45) is 4.99 Å². The topological polar surface area (TPSA) is 76.0 Å². The van der Waals surface area contributed by atoms with Crippen LogP contribution in [0, 0.1) is 0 Å². The molecule has 0 aromatic heterocycles. The molecule has 4 aromatic carbocycles. The summed E-state index contributed by atoms with van der Waals surface area (Å²) in [5, 5.41) is 0. The zero-order valence-electron chi connectivity index (χ0n) is 20.3. The maximum absolute atomic E-state index is 12.9. The van der Waals surface area contributed by atoms with Gasteiger partial charge in [-0.05, 0) is 24.3 Å². The van der Waals surface area contributed by atoms with Crippen molar-refractivity contribution in [3.8, 4) is 0 Å². The molecule has 5 rings (SSSR count). The largest absolute Gasteiger partial charge is 0.379 e. The number of amides is 1. The summed E-state index contributed by atoms with van der Waals surface area (Å²) in [5.41, 5.74) is 2.55. The third kappa shape index (κ3) is 7.07. The van der Waals surface area contributed by atoms with Gasteiger partial charge in [0.05, 0.1) is 23.8 Å². The second-order valence-electron chi connectivity index (χ2n) is 8.19. The van der Waals surface area contributed by atoms with Gasteiger partial charge in [0.1, 0.15) is 0 Å². The Morgan fingerprint density at radius 1 is 0.622 bits per heavy atom. The lowest BCUT2D eigenvalue weighted by Crippen LogP contribution is -2.40. The van der Waals surface area contributed by atoms with Crippen molar-refractivity contribution in [1.29, 1.82) is 0 Å². The van der Waals surface area contributed by atoms with Crippen molar-refractivity contribution in [3.63, 3.8) is 0 Å². The normalized spacial score (nSPS) is 13.6. The molecule has 0 spiro atoms. The molecule has 1 heterocycles. The summed E-state index contributed by atoms with van der Waals surface area (Å²) in [5.74, 6) is -0.432. The van der Waals surface area contributed by atoms with E-state index in [1.165, 1.54) is 28.6 Å². The van der Waals surface area contributed by atoms with Gasteiger partial charge in [-0.2, -0.15) is 4.31 Å². The van der Waals surface area contributed by atoms with E-state index in [0.29, 0.717) is 37.6 Å². The number of rotatable bonds is 5. The lowest BCUT2D eigenvalue weighted by atomic mass is 10.0. The zero-order chi connectivity index (χ0) is 25.9. The van der Waals surface area contributed by atoms with E-state index in [1.54, 1.807) is 0 Å². The van der Waals surface area contributed by atoms with Gasteiger partial charge in [-0.25, -0.2) is 13.4 Å². The van der Waals surface area contributed by atoms with Crippen LogP contribution in [-0.2, 0) is 14.8 Å². The molecule has 0 unspecified atom stereocenters. The zero-order valence-corrected chi connectivity index (χ0v) is 21.1. The molecular weight excluding hydrogens is 484 g/mol. The smallest absolute Gasteiger partial charge is 0.277 e. The monoisotopic (exact) mass is 512 g/mol. The second kappa shape index (κ2) is 12.9. The number of hydrogen-bond donors (Lipinski definition) is 0. The Morgan fingerprint density at radius 3 is 1.51 bits per heavy atom. The van der Waals surface area contributed by atoms with Crippen molar-refractivity contribution in [2.75, 3.05) is 26.3 Å². The number of ether oxygens (including phenoxy) is 1. The number of benzene rings is 4. The molecule has 0 atom stereocenters. The highest BCUT2D eigenvalue weighted by Crippen LogP contribution is 2.19. The van der Waals surface area contributed by atoms with Crippen LogP contribution in [0.25, 0.3) is 0 Å². The first kappa shape index (κ1) is 26.2. The summed E-state index contributed by atoms with van der Waals surface area (Å²) >= 11 is 0. The molecule has 0 bridgehead atoms. The summed E-state index contributed by atoms with van der Waals surface area (Å²) in [6.07, 6.45) is 0. The minimum atomic E-state index is -3.61. The predicted molar refractivity (Wildman–Crippen MR) is 145 cm³/mol. The fraction of sp³-hybridized carbons (Fsp3) is 0.133. The van der Waals surface area contributed by atoms with Crippen LogP contribution in [0.15, 0.2) is 131 Å². The minimum absolute atomic E-state index is 0.154. The first-order chi connectivity index (χ1) is 18.1. The molecule has 1 aliphatic rings. The van der Waals surface area contributed by atoms with E-state index in [0.717, 1.165) is 11.1 Å². The molecular formula is C30H28N2O4S. The molecule has 188 valence electrons. The van der Waals surface area contributed by atoms with E-state index in [2.05, 4.69) is 4.99 Å². The van der Waals surface area contributed by atoms with Gasteiger partial charge in [-0.1, -0.05) is 97.1 Å². The van der Waals surface area contributed by atoms with Crippen LogP contribution in [0.3, 0.4) is 0 Å². The molecule has 0 N–H and O–H groups in total. The van der Waals surface area contributed by atoms with Gasteiger partial charge < -0.3 is 4.74 Å². The van der Waals surface area contributed by atoms with Crippen molar-refractivity contribution >= 4 is 21.6 Å². The molecule has 0 radical (unpaired) electrons. The van der Waals surface area contributed by atoms with Gasteiger partial charge >= 0.3 is 0 Å². The number of carbonyl (C=O) groups is 1. The molecule has 1 amide bonds. The highest BCUT2D eigenvalue weighted by molar-refractivity contribution is 7.89. The Morgan fingerprint density at radius 2 is 1.05 bits per heavy atom. The van der Waals surface area contributed by atoms with Crippen LogP contribution in [0.4, 0.5) is 0 Å². The molecule has 4 aromatic rings.